The summed E-state index contributed by atoms with van der Waals surface area (Å²) in [5.41, 5.74) is 0.393. The predicted octanol–water partition coefficient (Wildman–Crippen LogP) is 1.14. The van der Waals surface area contributed by atoms with Crippen LogP contribution in [0.15, 0.2) is 12.4 Å². The Morgan fingerprint density at radius 1 is 1.39 bits per heavy atom. The van der Waals surface area contributed by atoms with E-state index in [-0.39, 0.29) is 6.10 Å². The first-order chi connectivity index (χ1) is 10.8. The van der Waals surface area contributed by atoms with Crippen molar-refractivity contribution in [3.63, 3.8) is 0 Å². The quantitative estimate of drug-likeness (QED) is 0.817. The molecule has 3 rings (SSSR count). The van der Waals surface area contributed by atoms with E-state index in [9.17, 15) is 8.42 Å². The maximum absolute atomic E-state index is 12.2. The zero-order valence-corrected chi connectivity index (χ0v) is 14.5. The SMILES string of the molecule is Cc1cncc(OC2CCOC3(C2)CN(S(=O)(=O)C(C)C)C3)n1. The largest absolute Gasteiger partial charge is 0.473 e. The number of rotatable bonds is 4. The summed E-state index contributed by atoms with van der Waals surface area (Å²) in [4.78, 5) is 8.38. The van der Waals surface area contributed by atoms with E-state index in [0.717, 1.165) is 12.1 Å². The number of sulfonamides is 1. The normalized spacial score (nSPS) is 24.6. The molecule has 2 aliphatic rings. The van der Waals surface area contributed by atoms with Crippen LogP contribution >= 0.6 is 0 Å². The Kier molecular flexibility index (Phi) is 4.33. The van der Waals surface area contributed by atoms with Crippen LogP contribution in [-0.2, 0) is 14.8 Å². The van der Waals surface area contributed by atoms with Crippen LogP contribution in [0.4, 0.5) is 0 Å². The molecule has 23 heavy (non-hydrogen) atoms. The molecule has 0 aromatic carbocycles. The van der Waals surface area contributed by atoms with E-state index in [0.29, 0.717) is 32.0 Å². The summed E-state index contributed by atoms with van der Waals surface area (Å²) < 4.78 is 37.6. The van der Waals surface area contributed by atoms with Crippen LogP contribution in [0, 0.1) is 6.92 Å². The minimum atomic E-state index is -3.21. The van der Waals surface area contributed by atoms with Gasteiger partial charge in [0.25, 0.3) is 0 Å². The standard InChI is InChI=1S/C15H23N3O4S/c1-11(2)23(19,20)18-9-15(10-18)6-13(4-5-21-15)22-14-8-16-7-12(3)17-14/h7-8,11,13H,4-6,9-10H2,1-3H3. The van der Waals surface area contributed by atoms with Gasteiger partial charge in [-0.3, -0.25) is 4.98 Å². The van der Waals surface area contributed by atoms with Crippen molar-refractivity contribution in [3.8, 4) is 5.88 Å². The van der Waals surface area contributed by atoms with E-state index in [1.165, 1.54) is 4.31 Å². The fourth-order valence-electron chi connectivity index (χ4n) is 3.05. The fourth-order valence-corrected chi connectivity index (χ4v) is 4.47. The average molecular weight is 341 g/mol. The van der Waals surface area contributed by atoms with E-state index >= 15 is 0 Å². The average Bonchev–Trinajstić information content (AvgIpc) is 2.44. The molecule has 1 unspecified atom stereocenters. The van der Waals surface area contributed by atoms with Gasteiger partial charge in [0.15, 0.2) is 0 Å². The van der Waals surface area contributed by atoms with E-state index < -0.39 is 20.9 Å². The third-order valence-corrected chi connectivity index (χ3v) is 6.52. The fraction of sp³-hybridized carbons (Fsp3) is 0.733. The van der Waals surface area contributed by atoms with Crippen LogP contribution in [0.5, 0.6) is 5.88 Å². The molecule has 128 valence electrons. The lowest BCUT2D eigenvalue weighted by Gasteiger charge is -2.52. The zero-order chi connectivity index (χ0) is 16.7. The van der Waals surface area contributed by atoms with Gasteiger partial charge in [0.1, 0.15) is 6.10 Å². The maximum Gasteiger partial charge on any atom is 0.232 e. The third kappa shape index (κ3) is 3.34. The predicted molar refractivity (Wildman–Crippen MR) is 84.7 cm³/mol. The summed E-state index contributed by atoms with van der Waals surface area (Å²) in [5.74, 6) is 0.512. The van der Waals surface area contributed by atoms with E-state index in [1.54, 1.807) is 26.2 Å². The Bertz CT molecular complexity index is 671. The summed E-state index contributed by atoms with van der Waals surface area (Å²) in [6.45, 7) is 6.65. The number of aryl methyl sites for hydroxylation is 1. The molecule has 8 heteroatoms. The molecule has 3 heterocycles. The van der Waals surface area contributed by atoms with E-state index in [2.05, 4.69) is 9.97 Å². The lowest BCUT2D eigenvalue weighted by molar-refractivity contribution is -0.165. The molecule has 0 aliphatic carbocycles. The third-order valence-electron chi connectivity index (χ3n) is 4.35. The second-order valence-corrected chi connectivity index (χ2v) is 9.11. The van der Waals surface area contributed by atoms with Crippen molar-refractivity contribution < 1.29 is 17.9 Å². The second kappa shape index (κ2) is 5.99. The van der Waals surface area contributed by atoms with E-state index in [1.807, 2.05) is 6.92 Å². The highest BCUT2D eigenvalue weighted by molar-refractivity contribution is 7.89. The first kappa shape index (κ1) is 16.6. The number of ether oxygens (including phenoxy) is 2. The molecule has 0 bridgehead atoms. The van der Waals surface area contributed by atoms with Crippen molar-refractivity contribution in [2.45, 2.75) is 50.6 Å². The van der Waals surface area contributed by atoms with Gasteiger partial charge < -0.3 is 9.47 Å². The van der Waals surface area contributed by atoms with Gasteiger partial charge in [-0.2, -0.15) is 4.31 Å². The van der Waals surface area contributed by atoms with Gasteiger partial charge in [-0.25, -0.2) is 13.4 Å². The number of hydrogen-bond acceptors (Lipinski definition) is 6. The van der Waals surface area contributed by atoms with Crippen LogP contribution in [0.2, 0.25) is 0 Å². The van der Waals surface area contributed by atoms with Crippen LogP contribution in [-0.4, -0.2) is 59.3 Å². The summed E-state index contributed by atoms with van der Waals surface area (Å²) in [5, 5.41) is -0.405. The molecular weight excluding hydrogens is 318 g/mol. The maximum atomic E-state index is 12.2. The van der Waals surface area contributed by atoms with Crippen LogP contribution in [0.1, 0.15) is 32.4 Å². The van der Waals surface area contributed by atoms with Gasteiger partial charge in [0, 0.05) is 32.1 Å². The van der Waals surface area contributed by atoms with Gasteiger partial charge >= 0.3 is 0 Å². The molecule has 1 aromatic heterocycles. The highest BCUT2D eigenvalue weighted by atomic mass is 32.2. The van der Waals surface area contributed by atoms with Gasteiger partial charge in [-0.15, -0.1) is 0 Å². The zero-order valence-electron chi connectivity index (χ0n) is 13.7. The number of nitrogens with zero attached hydrogens (tertiary/aromatic N) is 3. The molecule has 1 aromatic rings. The Morgan fingerprint density at radius 3 is 2.78 bits per heavy atom. The van der Waals surface area contributed by atoms with Crippen molar-refractivity contribution in [3.05, 3.63) is 18.1 Å². The summed E-state index contributed by atoms with van der Waals surface area (Å²) in [6.07, 6.45) is 4.70. The van der Waals surface area contributed by atoms with Crippen molar-refractivity contribution in [1.82, 2.24) is 14.3 Å². The van der Waals surface area contributed by atoms with Crippen molar-refractivity contribution in [1.29, 1.82) is 0 Å². The molecule has 2 saturated heterocycles. The summed E-state index contributed by atoms with van der Waals surface area (Å²) >= 11 is 0. The molecule has 7 nitrogen and oxygen atoms in total. The minimum Gasteiger partial charge on any atom is -0.473 e. The molecule has 1 atom stereocenters. The Morgan fingerprint density at radius 2 is 2.13 bits per heavy atom. The number of hydrogen-bond donors (Lipinski definition) is 0. The van der Waals surface area contributed by atoms with Gasteiger partial charge in [0.2, 0.25) is 15.9 Å². The Labute approximate surface area is 137 Å². The van der Waals surface area contributed by atoms with Crippen molar-refractivity contribution >= 4 is 10.0 Å². The lowest BCUT2D eigenvalue weighted by atomic mass is 9.86. The lowest BCUT2D eigenvalue weighted by Crippen LogP contribution is -2.68. The molecular formula is C15H23N3O4S. The van der Waals surface area contributed by atoms with Gasteiger partial charge in [-0.05, 0) is 20.8 Å². The molecule has 0 saturated carbocycles. The first-order valence-corrected chi connectivity index (χ1v) is 9.39. The monoisotopic (exact) mass is 341 g/mol. The molecule has 1 spiro atoms. The van der Waals surface area contributed by atoms with Crippen LogP contribution in [0.3, 0.4) is 0 Å². The summed E-state index contributed by atoms with van der Waals surface area (Å²) in [7, 11) is -3.21. The molecule has 2 fully saturated rings. The molecule has 0 amide bonds. The Balaban J connectivity index is 1.62. The highest BCUT2D eigenvalue weighted by Crippen LogP contribution is 2.37. The van der Waals surface area contributed by atoms with Gasteiger partial charge in [0.05, 0.1) is 29.3 Å². The van der Waals surface area contributed by atoms with E-state index in [4.69, 9.17) is 9.47 Å². The molecule has 0 radical (unpaired) electrons. The van der Waals surface area contributed by atoms with Crippen molar-refractivity contribution in [2.24, 2.45) is 0 Å². The van der Waals surface area contributed by atoms with Gasteiger partial charge in [-0.1, -0.05) is 0 Å². The minimum absolute atomic E-state index is 0.0243. The molecule has 0 N–H and O–H groups in total. The van der Waals surface area contributed by atoms with Crippen LogP contribution in [0.25, 0.3) is 0 Å². The molecule has 2 aliphatic heterocycles. The summed E-state index contributed by atoms with van der Waals surface area (Å²) in [6, 6.07) is 0. The topological polar surface area (TPSA) is 81.6 Å². The smallest absolute Gasteiger partial charge is 0.232 e. The van der Waals surface area contributed by atoms with Crippen molar-refractivity contribution in [2.75, 3.05) is 19.7 Å². The number of aromatic nitrogens is 2. The second-order valence-electron chi connectivity index (χ2n) is 6.62. The Hall–Kier alpha value is -1.25. The van der Waals surface area contributed by atoms with Crippen LogP contribution < -0.4 is 4.74 Å². The first-order valence-electron chi connectivity index (χ1n) is 7.89. The highest BCUT2D eigenvalue weighted by Gasteiger charge is 2.52.